The first-order chi connectivity index (χ1) is 13.0. The van der Waals surface area contributed by atoms with Gasteiger partial charge in [0.15, 0.2) is 5.69 Å². The largest absolute Gasteiger partial charge is 0.360 e. The van der Waals surface area contributed by atoms with Crippen LogP contribution in [-0.4, -0.2) is 20.8 Å². The van der Waals surface area contributed by atoms with Gasteiger partial charge in [0.05, 0.1) is 17.9 Å². The van der Waals surface area contributed by atoms with Crippen molar-refractivity contribution in [2.45, 2.75) is 46.1 Å². The van der Waals surface area contributed by atoms with Gasteiger partial charge in [0, 0.05) is 18.2 Å². The zero-order chi connectivity index (χ0) is 19.0. The molecule has 2 atom stereocenters. The van der Waals surface area contributed by atoms with Crippen molar-refractivity contribution < 1.29 is 9.32 Å². The summed E-state index contributed by atoms with van der Waals surface area (Å²) in [6.45, 7) is 6.34. The number of hydrogen-bond donors (Lipinski definition) is 1. The predicted octanol–water partition coefficient (Wildman–Crippen LogP) is 4.17. The van der Waals surface area contributed by atoms with E-state index in [2.05, 4.69) is 60.6 Å². The smallest absolute Gasteiger partial charge is 0.278 e. The molecule has 0 spiro atoms. The molecule has 6 nitrogen and oxygen atoms in total. The third-order valence-electron chi connectivity index (χ3n) is 5.32. The number of benzene rings is 1. The Morgan fingerprint density at radius 1 is 1.33 bits per heavy atom. The molecule has 0 saturated heterocycles. The molecule has 27 heavy (non-hydrogen) atoms. The maximum absolute atomic E-state index is 12.7. The average molecular weight is 364 g/mol. The van der Waals surface area contributed by atoms with E-state index in [9.17, 15) is 4.79 Å². The number of hydrogen-bond acceptors (Lipinski definition) is 4. The van der Waals surface area contributed by atoms with Gasteiger partial charge in [-0.15, -0.1) is 0 Å². The van der Waals surface area contributed by atoms with E-state index in [0.717, 1.165) is 30.6 Å². The van der Waals surface area contributed by atoms with Crippen LogP contribution < -0.4 is 5.32 Å². The first kappa shape index (κ1) is 17.5. The summed E-state index contributed by atoms with van der Waals surface area (Å²) >= 11 is 0. The average Bonchev–Trinajstić information content (AvgIpc) is 3.28. The highest BCUT2D eigenvalue weighted by Crippen LogP contribution is 2.28. The second-order valence-electron chi connectivity index (χ2n) is 7.53. The van der Waals surface area contributed by atoms with Gasteiger partial charge in [-0.2, -0.15) is 5.10 Å². The Hall–Kier alpha value is -2.89. The molecule has 1 aliphatic rings. The molecule has 2 heterocycles. The molecule has 0 radical (unpaired) electrons. The zero-order valence-corrected chi connectivity index (χ0v) is 15.9. The van der Waals surface area contributed by atoms with Crippen LogP contribution in [0.3, 0.4) is 0 Å². The van der Waals surface area contributed by atoms with Crippen LogP contribution in [0.2, 0.25) is 0 Å². The number of fused-ring (bicyclic) bond motifs is 1. The predicted molar refractivity (Wildman–Crippen MR) is 103 cm³/mol. The molecule has 0 bridgehead atoms. The fourth-order valence-electron chi connectivity index (χ4n) is 3.56. The van der Waals surface area contributed by atoms with Crippen LogP contribution in [0.5, 0.6) is 0 Å². The topological polar surface area (TPSA) is 73.0 Å². The van der Waals surface area contributed by atoms with Crippen LogP contribution in [0.15, 0.2) is 41.2 Å². The summed E-state index contributed by atoms with van der Waals surface area (Å²) in [6.07, 6.45) is 6.27. The highest BCUT2D eigenvalue weighted by molar-refractivity contribution is 6.03. The molecular formula is C21H24N4O2. The first-order valence-corrected chi connectivity index (χ1v) is 9.40. The summed E-state index contributed by atoms with van der Waals surface area (Å²) in [6, 6.07) is 8.46. The Kier molecular flexibility index (Phi) is 4.56. The van der Waals surface area contributed by atoms with Crippen molar-refractivity contribution in [1.29, 1.82) is 0 Å². The van der Waals surface area contributed by atoms with Gasteiger partial charge in [-0.3, -0.25) is 9.48 Å². The Labute approximate surface area is 158 Å². The van der Waals surface area contributed by atoms with E-state index < -0.39 is 0 Å². The lowest BCUT2D eigenvalue weighted by molar-refractivity contribution is 0.101. The molecule has 1 aromatic carbocycles. The van der Waals surface area contributed by atoms with E-state index in [4.69, 9.17) is 4.52 Å². The van der Waals surface area contributed by atoms with Gasteiger partial charge >= 0.3 is 0 Å². The van der Waals surface area contributed by atoms with E-state index >= 15 is 0 Å². The van der Waals surface area contributed by atoms with Gasteiger partial charge in [0.1, 0.15) is 5.76 Å². The summed E-state index contributed by atoms with van der Waals surface area (Å²) in [4.78, 5) is 12.7. The molecule has 0 fully saturated rings. The lowest BCUT2D eigenvalue weighted by Crippen LogP contribution is -2.17. The van der Waals surface area contributed by atoms with Crippen molar-refractivity contribution in [3.63, 3.8) is 0 Å². The molecule has 1 amide bonds. The van der Waals surface area contributed by atoms with Crippen LogP contribution in [0.1, 0.15) is 59.2 Å². The number of aromatic nitrogens is 3. The molecule has 3 aromatic rings. The maximum Gasteiger partial charge on any atom is 0.278 e. The number of carbonyl (C=O) groups is 1. The number of nitrogens with zero attached hydrogens (tertiary/aromatic N) is 3. The summed E-state index contributed by atoms with van der Waals surface area (Å²) in [5.41, 5.74) is 4.40. The van der Waals surface area contributed by atoms with E-state index in [1.54, 1.807) is 6.20 Å². The normalized spacial score (nSPS) is 17.4. The summed E-state index contributed by atoms with van der Waals surface area (Å²) in [5.74, 6) is 1.15. The number of carbonyl (C=O) groups excluding carboxylic acids is 1. The van der Waals surface area contributed by atoms with Crippen LogP contribution >= 0.6 is 0 Å². The van der Waals surface area contributed by atoms with Gasteiger partial charge in [-0.25, -0.2) is 0 Å². The number of amides is 1. The van der Waals surface area contributed by atoms with Crippen molar-refractivity contribution in [3.05, 3.63) is 64.8 Å². The highest BCUT2D eigenvalue weighted by atomic mass is 16.5. The van der Waals surface area contributed by atoms with E-state index in [0.29, 0.717) is 17.3 Å². The van der Waals surface area contributed by atoms with Crippen molar-refractivity contribution in [2.75, 3.05) is 5.32 Å². The van der Waals surface area contributed by atoms with E-state index in [1.807, 2.05) is 10.9 Å². The molecule has 6 heteroatoms. The third-order valence-corrected chi connectivity index (χ3v) is 5.32. The fraction of sp³-hybridized carbons (Fsp3) is 0.381. The highest BCUT2D eigenvalue weighted by Gasteiger charge is 2.27. The number of anilines is 1. The Morgan fingerprint density at radius 3 is 2.89 bits per heavy atom. The molecule has 140 valence electrons. The van der Waals surface area contributed by atoms with Crippen molar-refractivity contribution in [2.24, 2.45) is 5.92 Å². The Bertz CT molecular complexity index is 955. The van der Waals surface area contributed by atoms with Crippen molar-refractivity contribution in [3.8, 4) is 0 Å². The molecule has 4 rings (SSSR count). The lowest BCUT2D eigenvalue weighted by Gasteiger charge is -2.16. The Morgan fingerprint density at radius 2 is 2.11 bits per heavy atom. The minimum Gasteiger partial charge on any atom is -0.360 e. The van der Waals surface area contributed by atoms with E-state index in [1.165, 1.54) is 11.1 Å². The van der Waals surface area contributed by atoms with Crippen LogP contribution in [0.4, 0.5) is 5.69 Å². The van der Waals surface area contributed by atoms with Gasteiger partial charge in [-0.1, -0.05) is 41.9 Å². The Balaban J connectivity index is 1.49. The summed E-state index contributed by atoms with van der Waals surface area (Å²) in [7, 11) is 0. The summed E-state index contributed by atoms with van der Waals surface area (Å²) < 4.78 is 7.22. The first-order valence-electron chi connectivity index (χ1n) is 9.40. The van der Waals surface area contributed by atoms with Crippen LogP contribution in [-0.2, 0) is 12.8 Å². The number of aryl methyl sites for hydroxylation is 2. The second-order valence-corrected chi connectivity index (χ2v) is 7.53. The van der Waals surface area contributed by atoms with Crippen LogP contribution in [0.25, 0.3) is 0 Å². The van der Waals surface area contributed by atoms with Crippen molar-refractivity contribution in [1.82, 2.24) is 14.9 Å². The standard InChI is InChI=1S/C21H24N4O2/c1-13-4-7-16(8-5-13)15(3)25-12-17(11-22-25)23-21(26)20-18-10-14(2)6-9-19(18)27-24-20/h4-5,7-8,11-12,14-15H,6,9-10H2,1-3H3,(H,23,26). The van der Waals surface area contributed by atoms with Gasteiger partial charge in [0.2, 0.25) is 0 Å². The lowest BCUT2D eigenvalue weighted by atomic mass is 9.88. The minimum absolute atomic E-state index is 0.0805. The van der Waals surface area contributed by atoms with Gasteiger partial charge in [-0.05, 0) is 38.2 Å². The van der Waals surface area contributed by atoms with E-state index in [-0.39, 0.29) is 11.9 Å². The molecule has 1 aliphatic carbocycles. The minimum atomic E-state index is -0.239. The maximum atomic E-state index is 12.7. The fourth-order valence-corrected chi connectivity index (χ4v) is 3.56. The number of nitrogens with one attached hydrogen (secondary N) is 1. The molecular weight excluding hydrogens is 340 g/mol. The van der Waals surface area contributed by atoms with Crippen molar-refractivity contribution >= 4 is 11.6 Å². The number of rotatable bonds is 4. The molecule has 0 saturated carbocycles. The zero-order valence-electron chi connectivity index (χ0n) is 15.9. The molecule has 0 aliphatic heterocycles. The van der Waals surface area contributed by atoms with Crippen LogP contribution in [0, 0.1) is 12.8 Å². The van der Waals surface area contributed by atoms with Gasteiger partial charge < -0.3 is 9.84 Å². The molecule has 2 unspecified atom stereocenters. The summed E-state index contributed by atoms with van der Waals surface area (Å²) in [5, 5.41) is 11.3. The molecule has 1 N–H and O–H groups in total. The second kappa shape index (κ2) is 7.02. The monoisotopic (exact) mass is 364 g/mol. The SMILES string of the molecule is Cc1ccc(C(C)n2cc(NC(=O)c3noc4c3CC(C)CC4)cn2)cc1. The van der Waals surface area contributed by atoms with Gasteiger partial charge in [0.25, 0.3) is 5.91 Å². The molecule has 2 aromatic heterocycles. The quantitative estimate of drug-likeness (QED) is 0.754. The third kappa shape index (κ3) is 3.52.